The van der Waals surface area contributed by atoms with Crippen molar-refractivity contribution in [1.82, 2.24) is 9.80 Å². The van der Waals surface area contributed by atoms with Gasteiger partial charge in [0.25, 0.3) is 0 Å². The minimum absolute atomic E-state index is 0.0295. The zero-order valence-corrected chi connectivity index (χ0v) is 13.7. The molecule has 1 fully saturated rings. The number of likely N-dealkylation sites (N-methyl/N-ethyl adjacent to an activating group) is 1. The molecule has 0 spiro atoms. The standard InChI is InChI=1S/C17H19N3O4/c1-3-18-15(22)16(23)19(17(18)24)10-14(21)20-11(2)8-9-12-6-4-5-7-13(12)20/h4-7,11H,3,8-10H2,1-2H3. The second kappa shape index (κ2) is 6.07. The molecule has 0 radical (unpaired) electrons. The molecule has 3 rings (SSSR count). The molecule has 1 saturated heterocycles. The summed E-state index contributed by atoms with van der Waals surface area (Å²) in [6.07, 6.45) is 1.69. The van der Waals surface area contributed by atoms with Crippen molar-refractivity contribution in [2.24, 2.45) is 0 Å². The van der Waals surface area contributed by atoms with Gasteiger partial charge in [-0.15, -0.1) is 0 Å². The maximum atomic E-state index is 12.8. The van der Waals surface area contributed by atoms with Gasteiger partial charge in [-0.1, -0.05) is 18.2 Å². The Hall–Kier alpha value is -2.70. The number of carbonyl (C=O) groups is 4. The van der Waals surface area contributed by atoms with Crippen LogP contribution in [0.5, 0.6) is 0 Å². The molecule has 24 heavy (non-hydrogen) atoms. The van der Waals surface area contributed by atoms with E-state index in [0.717, 1.165) is 33.9 Å². The third kappa shape index (κ3) is 2.46. The van der Waals surface area contributed by atoms with Gasteiger partial charge in [0.2, 0.25) is 5.91 Å². The molecule has 0 saturated carbocycles. The van der Waals surface area contributed by atoms with E-state index in [1.165, 1.54) is 0 Å². The Labute approximate surface area is 139 Å². The highest BCUT2D eigenvalue weighted by Crippen LogP contribution is 2.30. The molecule has 1 aromatic rings. The highest BCUT2D eigenvalue weighted by atomic mass is 16.2. The Kier molecular flexibility index (Phi) is 4.09. The van der Waals surface area contributed by atoms with E-state index in [9.17, 15) is 19.2 Å². The van der Waals surface area contributed by atoms with Crippen LogP contribution in [0.25, 0.3) is 0 Å². The van der Waals surface area contributed by atoms with Crippen LogP contribution in [0.4, 0.5) is 10.5 Å². The number of imide groups is 2. The molecule has 0 N–H and O–H groups in total. The maximum Gasteiger partial charge on any atom is 0.334 e. The SMILES string of the molecule is CCN1C(=O)C(=O)N(CC(=O)N2c3ccccc3CCC2C)C1=O. The number of rotatable bonds is 3. The van der Waals surface area contributed by atoms with Gasteiger partial charge in [-0.2, -0.15) is 0 Å². The van der Waals surface area contributed by atoms with Crippen LogP contribution in [0.15, 0.2) is 24.3 Å². The summed E-state index contributed by atoms with van der Waals surface area (Å²) in [5.41, 5.74) is 1.87. The number of benzene rings is 1. The van der Waals surface area contributed by atoms with Crippen molar-refractivity contribution in [3.63, 3.8) is 0 Å². The first kappa shape index (κ1) is 16.2. The second-order valence-electron chi connectivity index (χ2n) is 6.00. The Balaban J connectivity index is 1.84. The van der Waals surface area contributed by atoms with Crippen LogP contribution >= 0.6 is 0 Å². The molecule has 0 aromatic heterocycles. The average molecular weight is 329 g/mol. The smallest absolute Gasteiger partial charge is 0.308 e. The van der Waals surface area contributed by atoms with Gasteiger partial charge in [0.15, 0.2) is 0 Å². The molecule has 1 aromatic carbocycles. The summed E-state index contributed by atoms with van der Waals surface area (Å²) in [6.45, 7) is 3.23. The topological polar surface area (TPSA) is 78.0 Å². The summed E-state index contributed by atoms with van der Waals surface area (Å²) in [7, 11) is 0. The maximum absolute atomic E-state index is 12.8. The molecule has 126 valence electrons. The third-order valence-corrected chi connectivity index (χ3v) is 4.54. The zero-order valence-electron chi connectivity index (χ0n) is 13.7. The van der Waals surface area contributed by atoms with E-state index >= 15 is 0 Å². The van der Waals surface area contributed by atoms with E-state index in [1.807, 2.05) is 31.2 Å². The average Bonchev–Trinajstić information content (AvgIpc) is 2.77. The van der Waals surface area contributed by atoms with Gasteiger partial charge in [0, 0.05) is 18.3 Å². The van der Waals surface area contributed by atoms with Crippen LogP contribution in [0.1, 0.15) is 25.8 Å². The quantitative estimate of drug-likeness (QED) is 0.616. The molecule has 2 heterocycles. The fourth-order valence-electron chi connectivity index (χ4n) is 3.25. The number of urea groups is 1. The molecular weight excluding hydrogens is 310 g/mol. The van der Waals surface area contributed by atoms with E-state index in [1.54, 1.807) is 11.8 Å². The number of amides is 5. The van der Waals surface area contributed by atoms with Crippen LogP contribution in [0.3, 0.4) is 0 Å². The van der Waals surface area contributed by atoms with Crippen LogP contribution in [0.2, 0.25) is 0 Å². The molecule has 1 unspecified atom stereocenters. The first-order valence-electron chi connectivity index (χ1n) is 8.03. The molecule has 2 aliphatic heterocycles. The van der Waals surface area contributed by atoms with Gasteiger partial charge >= 0.3 is 17.8 Å². The number of para-hydroxylation sites is 1. The minimum Gasteiger partial charge on any atom is -0.308 e. The molecule has 7 nitrogen and oxygen atoms in total. The summed E-state index contributed by atoms with van der Waals surface area (Å²) in [4.78, 5) is 51.9. The second-order valence-corrected chi connectivity index (χ2v) is 6.00. The van der Waals surface area contributed by atoms with Crippen LogP contribution in [-0.4, -0.2) is 52.7 Å². The summed E-state index contributed by atoms with van der Waals surface area (Å²) in [6, 6.07) is 6.85. The summed E-state index contributed by atoms with van der Waals surface area (Å²) in [5, 5.41) is 0. The van der Waals surface area contributed by atoms with Crippen molar-refractivity contribution in [2.45, 2.75) is 32.7 Å². The van der Waals surface area contributed by atoms with E-state index in [4.69, 9.17) is 0 Å². The van der Waals surface area contributed by atoms with Gasteiger partial charge < -0.3 is 4.90 Å². The lowest BCUT2D eigenvalue weighted by atomic mass is 9.96. The molecule has 2 aliphatic rings. The number of aryl methyl sites for hydroxylation is 1. The lowest BCUT2D eigenvalue weighted by Crippen LogP contribution is -2.48. The highest BCUT2D eigenvalue weighted by Gasteiger charge is 2.45. The van der Waals surface area contributed by atoms with Gasteiger partial charge in [-0.25, -0.2) is 9.69 Å². The highest BCUT2D eigenvalue weighted by molar-refractivity contribution is 6.45. The van der Waals surface area contributed by atoms with Crippen LogP contribution < -0.4 is 4.90 Å². The van der Waals surface area contributed by atoms with Gasteiger partial charge in [-0.05, 0) is 38.3 Å². The zero-order chi connectivity index (χ0) is 17.4. The van der Waals surface area contributed by atoms with Gasteiger partial charge in [-0.3, -0.25) is 19.3 Å². The molecule has 5 amide bonds. The molecule has 0 aliphatic carbocycles. The van der Waals surface area contributed by atoms with E-state index in [0.29, 0.717) is 0 Å². The Morgan fingerprint density at radius 2 is 1.79 bits per heavy atom. The summed E-state index contributed by atoms with van der Waals surface area (Å²) >= 11 is 0. The molecule has 0 bridgehead atoms. The lowest BCUT2D eigenvalue weighted by molar-refractivity contribution is -0.143. The van der Waals surface area contributed by atoms with Crippen molar-refractivity contribution in [3.8, 4) is 0 Å². The van der Waals surface area contributed by atoms with Crippen LogP contribution in [0, 0.1) is 0 Å². The number of hydrogen-bond acceptors (Lipinski definition) is 4. The van der Waals surface area contributed by atoms with Crippen molar-refractivity contribution in [1.29, 1.82) is 0 Å². The third-order valence-electron chi connectivity index (χ3n) is 4.54. The normalized spacial score (nSPS) is 20.7. The number of fused-ring (bicyclic) bond motifs is 1. The number of nitrogens with zero attached hydrogens (tertiary/aromatic N) is 3. The lowest BCUT2D eigenvalue weighted by Gasteiger charge is -2.35. The fraction of sp³-hybridized carbons (Fsp3) is 0.412. The molecular formula is C17H19N3O4. The van der Waals surface area contributed by atoms with Crippen molar-refractivity contribution in [2.75, 3.05) is 18.0 Å². The van der Waals surface area contributed by atoms with E-state index in [-0.39, 0.29) is 18.5 Å². The van der Waals surface area contributed by atoms with Crippen LogP contribution in [-0.2, 0) is 20.8 Å². The fourth-order valence-corrected chi connectivity index (χ4v) is 3.25. The first-order chi connectivity index (χ1) is 11.5. The first-order valence-corrected chi connectivity index (χ1v) is 8.03. The minimum atomic E-state index is -0.937. The summed E-state index contributed by atoms with van der Waals surface area (Å²) in [5.74, 6) is -2.17. The van der Waals surface area contributed by atoms with Crippen molar-refractivity contribution < 1.29 is 19.2 Å². The number of hydrogen-bond donors (Lipinski definition) is 0. The Bertz CT molecular complexity index is 730. The predicted molar refractivity (Wildman–Crippen MR) is 86.2 cm³/mol. The van der Waals surface area contributed by atoms with Crippen molar-refractivity contribution >= 4 is 29.4 Å². The van der Waals surface area contributed by atoms with E-state index < -0.39 is 24.4 Å². The van der Waals surface area contributed by atoms with Gasteiger partial charge in [0.05, 0.1) is 0 Å². The monoisotopic (exact) mass is 329 g/mol. The molecule has 1 atom stereocenters. The summed E-state index contributed by atoms with van der Waals surface area (Å²) < 4.78 is 0. The Morgan fingerprint density at radius 1 is 1.12 bits per heavy atom. The predicted octanol–water partition coefficient (Wildman–Crippen LogP) is 1.16. The number of carbonyl (C=O) groups excluding carboxylic acids is 4. The largest absolute Gasteiger partial charge is 0.334 e. The molecule has 7 heteroatoms. The van der Waals surface area contributed by atoms with Gasteiger partial charge in [0.1, 0.15) is 6.54 Å². The van der Waals surface area contributed by atoms with Crippen molar-refractivity contribution in [3.05, 3.63) is 29.8 Å². The number of anilines is 1. The Morgan fingerprint density at radius 3 is 2.46 bits per heavy atom. The van der Waals surface area contributed by atoms with E-state index in [2.05, 4.69) is 0 Å².